The summed E-state index contributed by atoms with van der Waals surface area (Å²) in [6.45, 7) is 6.48. The van der Waals surface area contributed by atoms with E-state index in [4.69, 9.17) is 0 Å². The molecule has 1 radical (unpaired) electrons. The van der Waals surface area contributed by atoms with E-state index in [1.807, 2.05) is 6.07 Å². The molecule has 0 amide bonds. The Labute approximate surface area is 165 Å². The molecule has 0 atom stereocenters. The monoisotopic (exact) mass is 485 g/mol. The zero-order chi connectivity index (χ0) is 15.8. The van der Waals surface area contributed by atoms with Crippen LogP contribution in [0.1, 0.15) is 27.3 Å². The van der Waals surface area contributed by atoms with Gasteiger partial charge in [0.1, 0.15) is 0 Å². The van der Waals surface area contributed by atoms with Gasteiger partial charge >= 0.3 is 25.8 Å². The van der Waals surface area contributed by atoms with Crippen LogP contribution >= 0.6 is 0 Å². The Bertz CT molecular complexity index is 635. The third-order valence-electron chi connectivity index (χ3n) is 3.48. The summed E-state index contributed by atoms with van der Waals surface area (Å²) in [5.74, 6) is 0. The van der Waals surface area contributed by atoms with Gasteiger partial charge in [-0.1, -0.05) is 55.4 Å². The zero-order valence-corrected chi connectivity index (χ0v) is 18.9. The molecule has 0 aliphatic heterocycles. The molecule has 0 fully saturated rings. The van der Waals surface area contributed by atoms with Crippen molar-refractivity contribution < 1.29 is 28.7 Å². The second-order valence-electron chi connectivity index (χ2n) is 5.44. The summed E-state index contributed by atoms with van der Waals surface area (Å²) in [7, 11) is 0.750. The van der Waals surface area contributed by atoms with Crippen LogP contribution in [0, 0.1) is 12.1 Å². The molecule has 23 heavy (non-hydrogen) atoms. The number of hydrogen-bond acceptors (Lipinski definition) is 0. The van der Waals surface area contributed by atoms with Gasteiger partial charge in [0.05, 0.1) is 0 Å². The van der Waals surface area contributed by atoms with E-state index in [0.717, 1.165) is 22.4 Å². The molecule has 0 N–H and O–H groups in total. The van der Waals surface area contributed by atoms with Gasteiger partial charge in [0.15, 0.2) is 0 Å². The van der Waals surface area contributed by atoms with Gasteiger partial charge in [-0.2, -0.15) is 35.9 Å². The molecule has 0 nitrogen and oxygen atoms in total. The van der Waals surface area contributed by atoms with Crippen LogP contribution in [0.25, 0.3) is 11.1 Å². The van der Waals surface area contributed by atoms with Gasteiger partial charge in [0, 0.05) is 9.52 Å². The van der Waals surface area contributed by atoms with E-state index in [2.05, 4.69) is 80.7 Å². The van der Waals surface area contributed by atoms with Crippen LogP contribution in [-0.4, -0.2) is 9.52 Å². The summed E-state index contributed by atoms with van der Waals surface area (Å²) in [6.07, 6.45) is 9.38. The van der Waals surface area contributed by atoms with E-state index in [0.29, 0.717) is 0 Å². The molecule has 2 aromatic carbocycles. The van der Waals surface area contributed by atoms with Gasteiger partial charge in [-0.05, 0) is 6.42 Å². The maximum atomic E-state index is 3.30. The Balaban J connectivity index is 0. The Morgan fingerprint density at radius 3 is 2.35 bits per heavy atom. The molecule has 0 spiro atoms. The first kappa shape index (κ1) is 20.1. The third-order valence-corrected chi connectivity index (χ3v) is 3.48. The van der Waals surface area contributed by atoms with E-state index in [1.54, 1.807) is 0 Å². The average Bonchev–Trinajstić information content (AvgIpc) is 3.15. The van der Waals surface area contributed by atoms with E-state index in [9.17, 15) is 0 Å². The number of allylic oxidation sites excluding steroid dienone is 4. The summed E-state index contributed by atoms with van der Waals surface area (Å²) in [5.41, 5.74) is 6.78. The number of fused-ring (bicyclic) bond motifs is 3. The van der Waals surface area contributed by atoms with Crippen LogP contribution < -0.4 is 0 Å². The molecule has 2 aliphatic carbocycles. The van der Waals surface area contributed by atoms with Crippen molar-refractivity contribution >= 4 is 9.52 Å². The van der Waals surface area contributed by atoms with Gasteiger partial charge in [-0.25, -0.2) is 11.6 Å². The SMILES string of the molecule is CC1=[C-]CC=C1.C[SiH]C.[H-].[H-].[Hf+4].[c-]1cccc2c1Cc1ccccc1-2. The largest absolute Gasteiger partial charge is 4.00 e. The van der Waals surface area contributed by atoms with Crippen molar-refractivity contribution in [1.82, 2.24) is 0 Å². The van der Waals surface area contributed by atoms with Crippen LogP contribution in [-0.2, 0) is 32.3 Å². The molecule has 0 saturated heterocycles. The van der Waals surface area contributed by atoms with Crippen molar-refractivity contribution in [3.8, 4) is 11.1 Å². The first-order valence-electron chi connectivity index (χ1n) is 7.82. The summed E-state index contributed by atoms with van der Waals surface area (Å²) < 4.78 is 0. The standard InChI is InChI=1S/C13H9.C6H7.C2H7Si.Hf.2H/c1-3-7-12-10(5-1)9-11-6-2-4-8-13(11)12;1-6-4-2-3-5-6;1-3-2;;;/h1-5,7-8H,9H2;2,4H,3H2,1H3;3H,1-2H3;;;/q2*-1;;+4;2*-1. The second-order valence-corrected chi connectivity index (χ2v) is 6.59. The number of rotatable bonds is 0. The van der Waals surface area contributed by atoms with Crippen molar-refractivity contribution in [2.24, 2.45) is 0 Å². The van der Waals surface area contributed by atoms with Crippen LogP contribution in [0.2, 0.25) is 13.1 Å². The van der Waals surface area contributed by atoms with E-state index in [-0.39, 0.29) is 28.7 Å². The van der Waals surface area contributed by atoms with Crippen LogP contribution in [0.15, 0.2) is 60.2 Å². The molecule has 0 heterocycles. The Kier molecular flexibility index (Phi) is 9.35. The summed E-state index contributed by atoms with van der Waals surface area (Å²) in [6, 6.07) is 18.1. The predicted molar refractivity (Wildman–Crippen MR) is 101 cm³/mol. The molecule has 0 saturated carbocycles. The summed E-state index contributed by atoms with van der Waals surface area (Å²) >= 11 is 0. The van der Waals surface area contributed by atoms with Crippen molar-refractivity contribution in [3.63, 3.8) is 0 Å². The minimum atomic E-state index is 0. The van der Waals surface area contributed by atoms with Crippen LogP contribution in [0.5, 0.6) is 0 Å². The quantitative estimate of drug-likeness (QED) is 0.293. The minimum Gasteiger partial charge on any atom is -1.00 e. The van der Waals surface area contributed by atoms with E-state index >= 15 is 0 Å². The molecule has 4 rings (SSSR count). The topological polar surface area (TPSA) is 0 Å². The molecule has 0 unspecified atom stereocenters. The van der Waals surface area contributed by atoms with Crippen molar-refractivity contribution in [1.29, 1.82) is 0 Å². The Hall–Kier alpha value is -0.993. The normalized spacial score (nSPS) is 12.6. The van der Waals surface area contributed by atoms with Gasteiger partial charge in [0.2, 0.25) is 0 Å². The van der Waals surface area contributed by atoms with E-state index in [1.165, 1.54) is 27.8 Å². The molecule has 2 heteroatoms. The van der Waals surface area contributed by atoms with Crippen LogP contribution in [0.3, 0.4) is 0 Å². The zero-order valence-electron chi connectivity index (χ0n) is 16.2. The summed E-state index contributed by atoms with van der Waals surface area (Å²) in [5, 5.41) is 0. The van der Waals surface area contributed by atoms with Crippen molar-refractivity contribution in [2.75, 3.05) is 0 Å². The third kappa shape index (κ3) is 5.85. The minimum absolute atomic E-state index is 0. The fourth-order valence-corrected chi connectivity index (χ4v) is 2.51. The molecular formula is C21H25HfSi. The molecular weight excluding hydrogens is 459 g/mol. The first-order chi connectivity index (χ1) is 10.8. The molecule has 0 bridgehead atoms. The fraction of sp³-hybridized carbons (Fsp3) is 0.238. The van der Waals surface area contributed by atoms with Crippen molar-refractivity contribution in [3.05, 3.63) is 83.5 Å². The maximum Gasteiger partial charge on any atom is 4.00 e. The summed E-state index contributed by atoms with van der Waals surface area (Å²) in [4.78, 5) is 0. The predicted octanol–water partition coefficient (Wildman–Crippen LogP) is 5.50. The number of hydrogen-bond donors (Lipinski definition) is 0. The molecule has 117 valence electrons. The van der Waals surface area contributed by atoms with Crippen molar-refractivity contribution in [2.45, 2.75) is 32.9 Å². The van der Waals surface area contributed by atoms with Crippen LogP contribution in [0.4, 0.5) is 0 Å². The fourth-order valence-electron chi connectivity index (χ4n) is 2.51. The molecule has 2 aliphatic rings. The van der Waals surface area contributed by atoms with E-state index < -0.39 is 0 Å². The number of benzene rings is 2. The average molecular weight is 484 g/mol. The molecule has 2 aromatic rings. The van der Waals surface area contributed by atoms with Gasteiger partial charge < -0.3 is 2.85 Å². The Morgan fingerprint density at radius 1 is 1.04 bits per heavy atom. The first-order valence-corrected chi connectivity index (χ1v) is 10.1. The van der Waals surface area contributed by atoms with Gasteiger partial charge in [0.25, 0.3) is 0 Å². The smallest absolute Gasteiger partial charge is 1.00 e. The molecule has 0 aromatic heterocycles. The Morgan fingerprint density at radius 2 is 1.74 bits per heavy atom. The second kappa shape index (κ2) is 10.7. The van der Waals surface area contributed by atoms with Gasteiger partial charge in [-0.3, -0.25) is 6.08 Å². The van der Waals surface area contributed by atoms with Gasteiger partial charge in [-0.15, -0.1) is 12.0 Å². The maximum absolute atomic E-state index is 3.30.